The molecule has 0 aliphatic heterocycles. The van der Waals surface area contributed by atoms with E-state index in [2.05, 4.69) is 16.2 Å². The fourth-order valence-electron chi connectivity index (χ4n) is 2.93. The van der Waals surface area contributed by atoms with Gasteiger partial charge in [0, 0.05) is 36.5 Å². The van der Waals surface area contributed by atoms with E-state index < -0.39 is 11.6 Å². The second kappa shape index (κ2) is 8.86. The molecule has 0 bridgehead atoms. The lowest BCUT2D eigenvalue weighted by atomic mass is 9.99. The van der Waals surface area contributed by atoms with Crippen LogP contribution in [0.25, 0.3) is 6.08 Å². The van der Waals surface area contributed by atoms with E-state index in [1.807, 2.05) is 32.9 Å². The van der Waals surface area contributed by atoms with Crippen LogP contribution in [0.2, 0.25) is 0 Å². The molecule has 1 aromatic heterocycles. The van der Waals surface area contributed by atoms with Crippen molar-refractivity contribution in [1.82, 2.24) is 10.3 Å². The highest BCUT2D eigenvalue weighted by molar-refractivity contribution is 5.81. The number of fused-ring (bicyclic) bond motifs is 1. The molecule has 0 saturated carbocycles. The summed E-state index contributed by atoms with van der Waals surface area (Å²) in [6, 6.07) is 1.93. The first kappa shape index (κ1) is 20.0. The Bertz CT molecular complexity index is 720. The predicted molar refractivity (Wildman–Crippen MR) is 102 cm³/mol. The van der Waals surface area contributed by atoms with E-state index in [0.717, 1.165) is 41.8 Å². The molecule has 0 fully saturated rings. The van der Waals surface area contributed by atoms with Crippen molar-refractivity contribution in [1.29, 1.82) is 0 Å². The Hall–Kier alpha value is -2.32. The normalized spacial score (nSPS) is 16.5. The van der Waals surface area contributed by atoms with Crippen molar-refractivity contribution >= 4 is 12.0 Å². The number of hydrogen-bond acceptors (Lipinski definition) is 4. The lowest BCUT2D eigenvalue weighted by Gasteiger charge is -2.31. The summed E-state index contributed by atoms with van der Waals surface area (Å²) in [6.07, 6.45) is 11.4. The van der Waals surface area contributed by atoms with Gasteiger partial charge in [0.1, 0.15) is 0 Å². The molecule has 5 heteroatoms. The monoisotopic (exact) mass is 356 g/mol. The van der Waals surface area contributed by atoms with Gasteiger partial charge in [0.15, 0.2) is 6.10 Å². The molecule has 1 heterocycles. The number of ether oxygens (including phenoxy) is 2. The highest BCUT2D eigenvalue weighted by atomic mass is 16.5. The summed E-state index contributed by atoms with van der Waals surface area (Å²) in [5, 5.41) is 3.07. The first-order valence-electron chi connectivity index (χ1n) is 9.08. The molecule has 0 spiro atoms. The highest BCUT2D eigenvalue weighted by Crippen LogP contribution is 2.25. The van der Waals surface area contributed by atoms with Crippen LogP contribution in [0.1, 0.15) is 56.9 Å². The molecular formula is C21H28N2O3. The average Bonchev–Trinajstić information content (AvgIpc) is 2.65. The van der Waals surface area contributed by atoms with Gasteiger partial charge in [-0.05, 0) is 38.3 Å². The van der Waals surface area contributed by atoms with E-state index in [1.165, 1.54) is 0 Å². The van der Waals surface area contributed by atoms with Gasteiger partial charge in [0.2, 0.25) is 0 Å². The van der Waals surface area contributed by atoms with Crippen LogP contribution in [0.5, 0.6) is 0 Å². The van der Waals surface area contributed by atoms with Crippen LogP contribution in [0, 0.1) is 12.3 Å². The molecule has 140 valence electrons. The third-order valence-electron chi connectivity index (χ3n) is 4.72. The largest absolute Gasteiger partial charge is 0.485 e. The van der Waals surface area contributed by atoms with Crippen molar-refractivity contribution in [2.45, 2.75) is 58.1 Å². The van der Waals surface area contributed by atoms with Crippen molar-refractivity contribution in [2.75, 3.05) is 13.7 Å². The summed E-state index contributed by atoms with van der Waals surface area (Å²) in [6.45, 7) is 6.41. The number of aromatic nitrogens is 1. The number of nitrogens with zero attached hydrogens (tertiary/aromatic N) is 1. The maximum absolute atomic E-state index is 12.7. The smallest absolute Gasteiger partial charge is 0.261 e. The number of carbonyl (C=O) groups is 1. The summed E-state index contributed by atoms with van der Waals surface area (Å²) in [7, 11) is 1.64. The van der Waals surface area contributed by atoms with Crippen LogP contribution in [-0.2, 0) is 20.7 Å². The topological polar surface area (TPSA) is 60.5 Å². The molecule has 1 N–H and O–H groups in total. The molecule has 1 aliphatic carbocycles. The minimum Gasteiger partial charge on any atom is -0.485 e. The summed E-state index contributed by atoms with van der Waals surface area (Å²) in [4.78, 5) is 17.1. The lowest BCUT2D eigenvalue weighted by molar-refractivity contribution is -0.133. The molecule has 2 atom stereocenters. The Morgan fingerprint density at radius 2 is 2.23 bits per heavy atom. The van der Waals surface area contributed by atoms with Gasteiger partial charge in [-0.3, -0.25) is 9.78 Å². The van der Waals surface area contributed by atoms with E-state index in [9.17, 15) is 4.79 Å². The first-order chi connectivity index (χ1) is 12.4. The molecular weight excluding hydrogens is 328 g/mol. The highest BCUT2D eigenvalue weighted by Gasteiger charge is 2.29. The molecule has 5 nitrogen and oxygen atoms in total. The number of allylic oxidation sites excluding steroid dienone is 1. The van der Waals surface area contributed by atoms with Gasteiger partial charge < -0.3 is 14.8 Å². The zero-order valence-electron chi connectivity index (χ0n) is 16.1. The van der Waals surface area contributed by atoms with Gasteiger partial charge in [-0.2, -0.15) is 0 Å². The van der Waals surface area contributed by atoms with Gasteiger partial charge in [0.05, 0.1) is 17.9 Å². The Labute approximate surface area is 156 Å². The molecule has 1 aromatic rings. The third kappa shape index (κ3) is 4.86. The number of carbonyl (C=O) groups excluding carboxylic acids is 1. The van der Waals surface area contributed by atoms with Crippen LogP contribution in [0.3, 0.4) is 0 Å². The summed E-state index contributed by atoms with van der Waals surface area (Å²) in [5.74, 6) is 3.28. The van der Waals surface area contributed by atoms with Crippen LogP contribution < -0.4 is 5.32 Å². The van der Waals surface area contributed by atoms with E-state index in [4.69, 9.17) is 15.9 Å². The molecule has 2 unspecified atom stereocenters. The van der Waals surface area contributed by atoms with Crippen LogP contribution in [0.15, 0.2) is 18.0 Å². The van der Waals surface area contributed by atoms with Gasteiger partial charge in [-0.15, -0.1) is 6.42 Å². The lowest BCUT2D eigenvalue weighted by Crippen LogP contribution is -2.52. The number of aryl methyl sites for hydroxylation is 1. The molecule has 1 amide bonds. The molecule has 0 saturated heterocycles. The number of methoxy groups -OCH3 is 1. The Balaban J connectivity index is 2.11. The average molecular weight is 356 g/mol. The summed E-state index contributed by atoms with van der Waals surface area (Å²) < 4.78 is 11.3. The van der Waals surface area contributed by atoms with Crippen molar-refractivity contribution in [3.63, 3.8) is 0 Å². The quantitative estimate of drug-likeness (QED) is 0.727. The van der Waals surface area contributed by atoms with E-state index in [-0.39, 0.29) is 5.91 Å². The maximum Gasteiger partial charge on any atom is 0.261 e. The molecule has 26 heavy (non-hydrogen) atoms. The molecule has 2 rings (SSSR count). The van der Waals surface area contributed by atoms with E-state index >= 15 is 0 Å². The van der Waals surface area contributed by atoms with Gasteiger partial charge in [-0.1, -0.05) is 19.8 Å². The number of terminal acetylenes is 1. The molecule has 1 aliphatic rings. The minimum atomic E-state index is -0.533. The third-order valence-corrected chi connectivity index (χ3v) is 4.72. The van der Waals surface area contributed by atoms with Gasteiger partial charge >= 0.3 is 0 Å². The maximum atomic E-state index is 12.7. The Morgan fingerprint density at radius 3 is 2.85 bits per heavy atom. The zero-order valence-corrected chi connectivity index (χ0v) is 16.1. The number of hydrogen-bond donors (Lipinski definition) is 1. The first-order valence-corrected chi connectivity index (χ1v) is 9.08. The fourth-order valence-corrected chi connectivity index (χ4v) is 2.93. The number of amides is 1. The summed E-state index contributed by atoms with van der Waals surface area (Å²) >= 11 is 0. The standard InChI is InChI=1S/C21H28N2O3/c1-6-15-11-16-12-17(9-10-18(16)22-13-15)26-19(7-2)20(24)23-21(4,8-3)14-25-5/h1,11-13,19H,7-10,14H2,2-5H3,(H,23,24). The van der Waals surface area contributed by atoms with Crippen LogP contribution in [0.4, 0.5) is 0 Å². The van der Waals surface area contributed by atoms with E-state index in [0.29, 0.717) is 13.0 Å². The van der Waals surface area contributed by atoms with Gasteiger partial charge in [0.25, 0.3) is 5.91 Å². The van der Waals surface area contributed by atoms with Crippen molar-refractivity contribution < 1.29 is 14.3 Å². The fraction of sp³-hybridized carbons (Fsp3) is 0.524. The second-order valence-electron chi connectivity index (χ2n) is 6.87. The van der Waals surface area contributed by atoms with Crippen LogP contribution in [-0.4, -0.2) is 36.3 Å². The Kier molecular flexibility index (Phi) is 6.82. The van der Waals surface area contributed by atoms with Crippen LogP contribution >= 0.6 is 0 Å². The van der Waals surface area contributed by atoms with Crippen molar-refractivity contribution in [2.24, 2.45) is 0 Å². The second-order valence-corrected chi connectivity index (χ2v) is 6.87. The Morgan fingerprint density at radius 1 is 1.46 bits per heavy atom. The molecule has 0 aromatic carbocycles. The van der Waals surface area contributed by atoms with Crippen molar-refractivity contribution in [3.8, 4) is 12.3 Å². The summed E-state index contributed by atoms with van der Waals surface area (Å²) in [5.41, 5.74) is 2.31. The minimum absolute atomic E-state index is 0.115. The van der Waals surface area contributed by atoms with Gasteiger partial charge in [-0.25, -0.2) is 0 Å². The number of rotatable bonds is 8. The molecule has 0 radical (unpaired) electrons. The number of nitrogens with one attached hydrogen (secondary N) is 1. The predicted octanol–water partition coefficient (Wildman–Crippen LogP) is 3.08. The zero-order chi connectivity index (χ0) is 19.2. The number of pyridine rings is 1. The van der Waals surface area contributed by atoms with E-state index in [1.54, 1.807) is 13.3 Å². The van der Waals surface area contributed by atoms with Crippen molar-refractivity contribution in [3.05, 3.63) is 34.8 Å². The SMILES string of the molecule is C#Cc1cnc2c(c1)C=C(OC(CC)C(=O)NC(C)(CC)COC)CC2.